The van der Waals surface area contributed by atoms with Crippen LogP contribution >= 0.6 is 11.3 Å². The van der Waals surface area contributed by atoms with Gasteiger partial charge in [0.05, 0.1) is 24.9 Å². The van der Waals surface area contributed by atoms with Crippen LogP contribution in [-0.4, -0.2) is 34.7 Å². The molecule has 1 unspecified atom stereocenters. The summed E-state index contributed by atoms with van der Waals surface area (Å²) in [6.45, 7) is 9.84. The maximum atomic E-state index is 12.9. The van der Waals surface area contributed by atoms with E-state index < -0.39 is 18.0 Å². The van der Waals surface area contributed by atoms with Crippen LogP contribution in [0.25, 0.3) is 10.2 Å². The van der Waals surface area contributed by atoms with Crippen LogP contribution in [0.3, 0.4) is 0 Å². The third-order valence-electron chi connectivity index (χ3n) is 4.11. The van der Waals surface area contributed by atoms with Crippen molar-refractivity contribution in [3.8, 4) is 0 Å². The molecular formula is C19H26N2O5S. The first kappa shape index (κ1) is 21.1. The zero-order valence-electron chi connectivity index (χ0n) is 16.4. The van der Waals surface area contributed by atoms with Crippen LogP contribution in [0.2, 0.25) is 0 Å². The van der Waals surface area contributed by atoms with Crippen LogP contribution in [0.15, 0.2) is 11.1 Å². The monoisotopic (exact) mass is 394 g/mol. The normalized spacial score (nSPS) is 12.4. The fraction of sp³-hybridized carbons (Fsp3) is 0.579. The molecule has 0 spiro atoms. The molecule has 0 aromatic carbocycles. The first-order chi connectivity index (χ1) is 12.8. The molecule has 2 aromatic rings. The van der Waals surface area contributed by atoms with Crippen molar-refractivity contribution in [3.63, 3.8) is 0 Å². The van der Waals surface area contributed by atoms with Gasteiger partial charge in [0, 0.05) is 0 Å². The first-order valence-electron chi connectivity index (χ1n) is 9.11. The smallest absolute Gasteiger partial charge is 0.348 e. The van der Waals surface area contributed by atoms with Gasteiger partial charge in [0.2, 0.25) is 0 Å². The molecule has 2 heterocycles. The van der Waals surface area contributed by atoms with Crippen LogP contribution in [0, 0.1) is 12.8 Å². The Morgan fingerprint density at radius 3 is 2.59 bits per heavy atom. The lowest BCUT2D eigenvalue weighted by Gasteiger charge is -2.14. The zero-order chi connectivity index (χ0) is 20.1. The minimum absolute atomic E-state index is 0.221. The van der Waals surface area contributed by atoms with Crippen molar-refractivity contribution in [2.75, 3.05) is 13.2 Å². The first-order valence-corrected chi connectivity index (χ1v) is 9.93. The summed E-state index contributed by atoms with van der Waals surface area (Å²) in [5, 5.41) is 0.340. The third-order valence-corrected chi connectivity index (χ3v) is 5.29. The second kappa shape index (κ2) is 9.12. The molecule has 2 rings (SSSR count). The lowest BCUT2D eigenvalue weighted by atomic mass is 10.2. The fourth-order valence-electron chi connectivity index (χ4n) is 2.47. The molecule has 0 bridgehead atoms. The second-order valence-corrected chi connectivity index (χ2v) is 7.88. The maximum absolute atomic E-state index is 12.9. The summed E-state index contributed by atoms with van der Waals surface area (Å²) < 4.78 is 11.7. The number of ether oxygens (including phenoxy) is 2. The Labute approximate surface area is 162 Å². The van der Waals surface area contributed by atoms with E-state index in [0.29, 0.717) is 33.9 Å². The number of aryl methyl sites for hydroxylation is 1. The molecule has 0 radical (unpaired) electrons. The lowest BCUT2D eigenvalue weighted by molar-refractivity contribution is -0.147. The molecule has 0 fully saturated rings. The topological polar surface area (TPSA) is 87.5 Å². The van der Waals surface area contributed by atoms with E-state index >= 15 is 0 Å². The minimum atomic E-state index is -0.790. The molecule has 1 atom stereocenters. The predicted molar refractivity (Wildman–Crippen MR) is 104 cm³/mol. The predicted octanol–water partition coefficient (Wildman–Crippen LogP) is 3.48. The average Bonchev–Trinajstić information content (AvgIpc) is 2.97. The van der Waals surface area contributed by atoms with Gasteiger partial charge in [-0.15, -0.1) is 11.3 Å². The molecule has 148 valence electrons. The number of thiophene rings is 1. The van der Waals surface area contributed by atoms with Gasteiger partial charge in [0.25, 0.3) is 5.56 Å². The molecule has 2 aromatic heterocycles. The Bertz CT molecular complexity index is 884. The Balaban J connectivity index is 2.33. The Morgan fingerprint density at radius 2 is 1.96 bits per heavy atom. The van der Waals surface area contributed by atoms with Gasteiger partial charge in [-0.2, -0.15) is 0 Å². The Hall–Kier alpha value is -2.22. The number of aromatic nitrogens is 2. The Kier molecular flexibility index (Phi) is 7.12. The van der Waals surface area contributed by atoms with Crippen LogP contribution in [0.1, 0.15) is 61.8 Å². The number of rotatable bonds is 8. The summed E-state index contributed by atoms with van der Waals surface area (Å²) in [7, 11) is 0. The highest BCUT2D eigenvalue weighted by Crippen LogP contribution is 2.28. The Morgan fingerprint density at radius 1 is 1.26 bits per heavy atom. The number of hydrogen-bond donors (Lipinski definition) is 0. The van der Waals surface area contributed by atoms with Gasteiger partial charge in [-0.3, -0.25) is 9.36 Å². The highest BCUT2D eigenvalue weighted by Gasteiger charge is 2.24. The van der Waals surface area contributed by atoms with Gasteiger partial charge < -0.3 is 9.47 Å². The number of fused-ring (bicyclic) bond motifs is 1. The molecule has 7 nitrogen and oxygen atoms in total. The van der Waals surface area contributed by atoms with Crippen molar-refractivity contribution in [3.05, 3.63) is 27.1 Å². The number of nitrogens with zero attached hydrogens (tertiary/aromatic N) is 2. The van der Waals surface area contributed by atoms with Gasteiger partial charge >= 0.3 is 11.9 Å². The molecule has 0 saturated heterocycles. The zero-order valence-corrected chi connectivity index (χ0v) is 17.2. The molecule has 0 aliphatic heterocycles. The van der Waals surface area contributed by atoms with Crippen molar-refractivity contribution in [2.24, 2.45) is 5.92 Å². The molecule has 0 N–H and O–H groups in total. The van der Waals surface area contributed by atoms with E-state index in [1.807, 2.05) is 20.8 Å². The van der Waals surface area contributed by atoms with E-state index in [1.54, 1.807) is 13.8 Å². The third kappa shape index (κ3) is 4.74. The van der Waals surface area contributed by atoms with E-state index in [4.69, 9.17) is 9.47 Å². The highest BCUT2D eigenvalue weighted by molar-refractivity contribution is 7.20. The molecular weight excluding hydrogens is 368 g/mol. The van der Waals surface area contributed by atoms with Crippen molar-refractivity contribution in [1.82, 2.24) is 9.55 Å². The highest BCUT2D eigenvalue weighted by atomic mass is 32.1. The summed E-state index contributed by atoms with van der Waals surface area (Å²) in [5.41, 5.74) is 0.166. The van der Waals surface area contributed by atoms with Crippen molar-refractivity contribution < 1.29 is 19.1 Å². The van der Waals surface area contributed by atoms with E-state index in [1.165, 1.54) is 10.9 Å². The largest absolute Gasteiger partial charge is 0.464 e. The molecule has 0 amide bonds. The molecule has 27 heavy (non-hydrogen) atoms. The summed E-state index contributed by atoms with van der Waals surface area (Å²) in [5.74, 6) is -0.711. The van der Waals surface area contributed by atoms with Crippen LogP contribution in [-0.2, 0) is 14.3 Å². The SMILES string of the molecule is CCCCOC(=O)C(C)n1cnc2sc(C(=O)OCC(C)C)c(C)c2c1=O. The summed E-state index contributed by atoms with van der Waals surface area (Å²) in [4.78, 5) is 42.5. The van der Waals surface area contributed by atoms with Gasteiger partial charge in [0.15, 0.2) is 0 Å². The van der Waals surface area contributed by atoms with E-state index in [-0.39, 0.29) is 11.5 Å². The molecule has 8 heteroatoms. The molecule has 0 aliphatic rings. The summed E-state index contributed by atoms with van der Waals surface area (Å²) >= 11 is 1.13. The van der Waals surface area contributed by atoms with Crippen molar-refractivity contribution in [2.45, 2.75) is 53.5 Å². The second-order valence-electron chi connectivity index (χ2n) is 6.88. The quantitative estimate of drug-likeness (QED) is 0.503. The fourth-order valence-corrected chi connectivity index (χ4v) is 3.50. The van der Waals surface area contributed by atoms with E-state index in [2.05, 4.69) is 4.98 Å². The van der Waals surface area contributed by atoms with Gasteiger partial charge in [-0.1, -0.05) is 27.2 Å². The summed E-state index contributed by atoms with van der Waals surface area (Å²) in [6.07, 6.45) is 3.02. The minimum Gasteiger partial charge on any atom is -0.464 e. The molecule has 0 saturated carbocycles. The number of carbonyl (C=O) groups is 2. The van der Waals surface area contributed by atoms with Crippen molar-refractivity contribution >= 4 is 33.5 Å². The van der Waals surface area contributed by atoms with Gasteiger partial charge in [-0.25, -0.2) is 14.6 Å². The van der Waals surface area contributed by atoms with Crippen LogP contribution in [0.5, 0.6) is 0 Å². The van der Waals surface area contributed by atoms with Gasteiger partial charge in [-0.05, 0) is 31.7 Å². The van der Waals surface area contributed by atoms with E-state index in [0.717, 1.165) is 24.2 Å². The average molecular weight is 394 g/mol. The lowest BCUT2D eigenvalue weighted by Crippen LogP contribution is -2.29. The van der Waals surface area contributed by atoms with Crippen LogP contribution in [0.4, 0.5) is 0 Å². The number of unbranched alkanes of at least 4 members (excludes halogenated alkanes) is 1. The number of esters is 2. The standard InChI is InChI=1S/C19H26N2O5S/c1-6-7-8-25-18(23)13(5)21-10-20-16-14(17(21)22)12(4)15(27-16)19(24)26-9-11(2)3/h10-11,13H,6-9H2,1-5H3. The van der Waals surface area contributed by atoms with E-state index in [9.17, 15) is 14.4 Å². The number of hydrogen-bond acceptors (Lipinski definition) is 7. The number of carbonyl (C=O) groups excluding carboxylic acids is 2. The van der Waals surface area contributed by atoms with Crippen LogP contribution < -0.4 is 5.56 Å². The van der Waals surface area contributed by atoms with Gasteiger partial charge in [0.1, 0.15) is 15.7 Å². The summed E-state index contributed by atoms with van der Waals surface area (Å²) in [6, 6.07) is -0.790. The van der Waals surface area contributed by atoms with Crippen molar-refractivity contribution in [1.29, 1.82) is 0 Å². The maximum Gasteiger partial charge on any atom is 0.348 e. The molecule has 0 aliphatic carbocycles.